The molecule has 1 aliphatic heterocycles. The van der Waals surface area contributed by atoms with Crippen molar-refractivity contribution in [1.82, 2.24) is 14.9 Å². The summed E-state index contributed by atoms with van der Waals surface area (Å²) in [6.07, 6.45) is 7.75. The Morgan fingerprint density at radius 3 is 2.48 bits per heavy atom. The lowest BCUT2D eigenvalue weighted by Gasteiger charge is -2.19. The number of amides is 1. The molecule has 2 aromatic rings. The first kappa shape index (κ1) is 17.2. The summed E-state index contributed by atoms with van der Waals surface area (Å²) in [4.78, 5) is 23.0. The van der Waals surface area contributed by atoms with Gasteiger partial charge in [0.15, 0.2) is 0 Å². The predicted octanol–water partition coefficient (Wildman–Crippen LogP) is 3.11. The van der Waals surface area contributed by atoms with E-state index in [0.29, 0.717) is 18.1 Å². The second-order valence-electron chi connectivity index (χ2n) is 6.17. The predicted molar refractivity (Wildman–Crippen MR) is 96.7 cm³/mol. The zero-order chi connectivity index (χ0) is 17.5. The van der Waals surface area contributed by atoms with Crippen LogP contribution in [0, 0.1) is 0 Å². The van der Waals surface area contributed by atoms with Crippen LogP contribution in [0.4, 0.5) is 5.95 Å². The van der Waals surface area contributed by atoms with Crippen molar-refractivity contribution in [2.45, 2.75) is 32.2 Å². The number of anilines is 1. The number of rotatable bonds is 5. The summed E-state index contributed by atoms with van der Waals surface area (Å²) in [6, 6.07) is 7.80. The number of nitrogens with one attached hydrogen (secondary N) is 1. The fourth-order valence-corrected chi connectivity index (χ4v) is 3.01. The molecule has 0 bridgehead atoms. The fourth-order valence-electron chi connectivity index (χ4n) is 3.01. The van der Waals surface area contributed by atoms with Gasteiger partial charge in [0.25, 0.3) is 5.91 Å². The van der Waals surface area contributed by atoms with Gasteiger partial charge in [0.2, 0.25) is 5.95 Å². The summed E-state index contributed by atoms with van der Waals surface area (Å²) < 4.78 is 5.33. The fraction of sp³-hybridized carbons (Fsp3) is 0.421. The van der Waals surface area contributed by atoms with Gasteiger partial charge >= 0.3 is 0 Å². The standard InChI is InChI=1S/C19H24N4O2/c1-25-17-9-5-4-8-15(17)12-20-19-21-13-16(14-22-19)18(24)23-10-6-2-3-7-11-23/h4-5,8-9,13-14H,2-3,6-7,10-12H2,1H3,(H,20,21,22). The van der Waals surface area contributed by atoms with Gasteiger partial charge in [0, 0.05) is 37.6 Å². The van der Waals surface area contributed by atoms with E-state index < -0.39 is 0 Å². The molecule has 1 aromatic heterocycles. The molecule has 0 spiro atoms. The number of carbonyl (C=O) groups excluding carboxylic acids is 1. The maximum Gasteiger partial charge on any atom is 0.256 e. The van der Waals surface area contributed by atoms with Crippen LogP contribution < -0.4 is 10.1 Å². The van der Waals surface area contributed by atoms with Crippen LogP contribution in [0.15, 0.2) is 36.7 Å². The van der Waals surface area contributed by atoms with Gasteiger partial charge in [-0.2, -0.15) is 0 Å². The lowest BCUT2D eigenvalue weighted by atomic mass is 10.2. The maximum atomic E-state index is 12.5. The third-order valence-corrected chi connectivity index (χ3v) is 4.42. The molecule has 6 nitrogen and oxygen atoms in total. The molecule has 25 heavy (non-hydrogen) atoms. The van der Waals surface area contributed by atoms with Crippen LogP contribution >= 0.6 is 0 Å². The first-order chi connectivity index (χ1) is 12.3. The Morgan fingerprint density at radius 1 is 1.12 bits per heavy atom. The van der Waals surface area contributed by atoms with Gasteiger partial charge in [-0.25, -0.2) is 9.97 Å². The molecule has 1 N–H and O–H groups in total. The van der Waals surface area contributed by atoms with Crippen LogP contribution in [-0.2, 0) is 6.54 Å². The topological polar surface area (TPSA) is 67.3 Å². The Bertz CT molecular complexity index is 695. The second-order valence-corrected chi connectivity index (χ2v) is 6.17. The number of benzene rings is 1. The van der Waals surface area contributed by atoms with Crippen LogP contribution in [-0.4, -0.2) is 41.0 Å². The van der Waals surface area contributed by atoms with E-state index >= 15 is 0 Å². The minimum atomic E-state index is 0.0261. The zero-order valence-corrected chi connectivity index (χ0v) is 14.6. The molecular formula is C19H24N4O2. The average molecular weight is 340 g/mol. The molecule has 132 valence electrons. The third-order valence-electron chi connectivity index (χ3n) is 4.42. The Labute approximate surface area is 148 Å². The Hall–Kier alpha value is -2.63. The highest BCUT2D eigenvalue weighted by molar-refractivity contribution is 5.93. The quantitative estimate of drug-likeness (QED) is 0.906. The number of nitrogens with zero attached hydrogens (tertiary/aromatic N) is 3. The molecule has 0 saturated carbocycles. The van der Waals surface area contributed by atoms with Gasteiger partial charge in [-0.3, -0.25) is 4.79 Å². The van der Waals surface area contributed by atoms with Crippen molar-refractivity contribution in [3.63, 3.8) is 0 Å². The van der Waals surface area contributed by atoms with Gasteiger partial charge in [0.1, 0.15) is 5.75 Å². The van der Waals surface area contributed by atoms with Gasteiger partial charge in [-0.05, 0) is 18.9 Å². The monoisotopic (exact) mass is 340 g/mol. The van der Waals surface area contributed by atoms with Gasteiger partial charge in [0.05, 0.1) is 12.7 Å². The molecular weight excluding hydrogens is 316 g/mol. The maximum absolute atomic E-state index is 12.5. The molecule has 0 unspecified atom stereocenters. The van der Waals surface area contributed by atoms with Crippen molar-refractivity contribution >= 4 is 11.9 Å². The highest BCUT2D eigenvalue weighted by Gasteiger charge is 2.17. The zero-order valence-electron chi connectivity index (χ0n) is 14.6. The number of methoxy groups -OCH3 is 1. The van der Waals surface area contributed by atoms with Crippen LogP contribution in [0.25, 0.3) is 0 Å². The SMILES string of the molecule is COc1ccccc1CNc1ncc(C(=O)N2CCCCCC2)cn1. The highest BCUT2D eigenvalue weighted by Crippen LogP contribution is 2.18. The largest absolute Gasteiger partial charge is 0.496 e. The lowest BCUT2D eigenvalue weighted by Crippen LogP contribution is -2.32. The summed E-state index contributed by atoms with van der Waals surface area (Å²) in [5.74, 6) is 1.35. The van der Waals surface area contributed by atoms with E-state index in [-0.39, 0.29) is 5.91 Å². The van der Waals surface area contributed by atoms with Crippen LogP contribution in [0.5, 0.6) is 5.75 Å². The summed E-state index contributed by atoms with van der Waals surface area (Å²) in [5, 5.41) is 3.16. The second kappa shape index (κ2) is 8.46. The molecule has 1 aliphatic rings. The van der Waals surface area contributed by atoms with E-state index in [1.54, 1.807) is 19.5 Å². The third kappa shape index (κ3) is 4.47. The van der Waals surface area contributed by atoms with E-state index in [1.165, 1.54) is 12.8 Å². The molecule has 0 aliphatic carbocycles. The summed E-state index contributed by atoms with van der Waals surface area (Å²) in [5.41, 5.74) is 1.57. The Morgan fingerprint density at radius 2 is 1.80 bits per heavy atom. The van der Waals surface area contributed by atoms with Crippen molar-refractivity contribution in [3.8, 4) is 5.75 Å². The van der Waals surface area contributed by atoms with Crippen LogP contribution in [0.2, 0.25) is 0 Å². The number of para-hydroxylation sites is 1. The van der Waals surface area contributed by atoms with Crippen molar-refractivity contribution in [1.29, 1.82) is 0 Å². The first-order valence-corrected chi connectivity index (χ1v) is 8.75. The Balaban J connectivity index is 1.61. The van der Waals surface area contributed by atoms with E-state index in [9.17, 15) is 4.79 Å². The van der Waals surface area contributed by atoms with E-state index in [0.717, 1.165) is 37.2 Å². The van der Waals surface area contributed by atoms with Crippen molar-refractivity contribution < 1.29 is 9.53 Å². The molecule has 1 fully saturated rings. The van der Waals surface area contributed by atoms with Gasteiger partial charge < -0.3 is 15.0 Å². The van der Waals surface area contributed by atoms with E-state index in [4.69, 9.17) is 4.74 Å². The minimum absolute atomic E-state index is 0.0261. The normalized spacial score (nSPS) is 14.7. The first-order valence-electron chi connectivity index (χ1n) is 8.75. The number of likely N-dealkylation sites (tertiary alicyclic amines) is 1. The number of ether oxygens (including phenoxy) is 1. The molecule has 1 saturated heterocycles. The number of hydrogen-bond acceptors (Lipinski definition) is 5. The average Bonchev–Trinajstić information content (AvgIpc) is 2.96. The van der Waals surface area contributed by atoms with Crippen LogP contribution in [0.1, 0.15) is 41.6 Å². The lowest BCUT2D eigenvalue weighted by molar-refractivity contribution is 0.0761. The minimum Gasteiger partial charge on any atom is -0.496 e. The number of aromatic nitrogens is 2. The molecule has 1 amide bonds. The van der Waals surface area contributed by atoms with Crippen molar-refractivity contribution in [3.05, 3.63) is 47.8 Å². The summed E-state index contributed by atoms with van der Waals surface area (Å²) >= 11 is 0. The van der Waals surface area contributed by atoms with Gasteiger partial charge in [-0.15, -0.1) is 0 Å². The van der Waals surface area contributed by atoms with Crippen molar-refractivity contribution in [2.24, 2.45) is 0 Å². The molecule has 0 atom stereocenters. The summed E-state index contributed by atoms with van der Waals surface area (Å²) in [6.45, 7) is 2.21. The van der Waals surface area contributed by atoms with Crippen molar-refractivity contribution in [2.75, 3.05) is 25.5 Å². The molecule has 3 rings (SSSR count). The number of carbonyl (C=O) groups is 1. The summed E-state index contributed by atoms with van der Waals surface area (Å²) in [7, 11) is 1.65. The van der Waals surface area contributed by atoms with Crippen LogP contribution in [0.3, 0.4) is 0 Å². The smallest absolute Gasteiger partial charge is 0.256 e. The molecule has 6 heteroatoms. The molecule has 1 aromatic carbocycles. The van der Waals surface area contributed by atoms with E-state index in [2.05, 4.69) is 15.3 Å². The van der Waals surface area contributed by atoms with E-state index in [1.807, 2.05) is 29.2 Å². The molecule has 2 heterocycles. The highest BCUT2D eigenvalue weighted by atomic mass is 16.5. The number of hydrogen-bond donors (Lipinski definition) is 1. The molecule has 0 radical (unpaired) electrons. The Kier molecular flexibility index (Phi) is 5.82. The van der Waals surface area contributed by atoms with Gasteiger partial charge in [-0.1, -0.05) is 31.0 Å².